The van der Waals surface area contributed by atoms with E-state index in [9.17, 15) is 0 Å². The first kappa shape index (κ1) is 11.0. The smallest absolute Gasteiger partial charge is 0.119 e. The number of ether oxygens (including phenoxy) is 2. The number of benzene rings is 1. The van der Waals surface area contributed by atoms with E-state index in [4.69, 9.17) is 15.2 Å². The highest BCUT2D eigenvalue weighted by atomic mass is 16.5. The highest BCUT2D eigenvalue weighted by Gasteiger charge is 2.21. The maximum atomic E-state index is 6.09. The second-order valence-electron chi connectivity index (χ2n) is 3.58. The van der Waals surface area contributed by atoms with Crippen LogP contribution in [0.4, 0.5) is 0 Å². The molecule has 1 aromatic carbocycles. The SMILES string of the molecule is COCC(C)(N)c1cccc(OC)c1. The lowest BCUT2D eigenvalue weighted by Gasteiger charge is -2.24. The number of hydrogen-bond acceptors (Lipinski definition) is 3. The van der Waals surface area contributed by atoms with Gasteiger partial charge in [0, 0.05) is 7.11 Å². The average molecular weight is 195 g/mol. The van der Waals surface area contributed by atoms with Crippen molar-refractivity contribution >= 4 is 0 Å². The van der Waals surface area contributed by atoms with Gasteiger partial charge < -0.3 is 15.2 Å². The van der Waals surface area contributed by atoms with Crippen LogP contribution in [0.1, 0.15) is 12.5 Å². The molecule has 0 fully saturated rings. The summed E-state index contributed by atoms with van der Waals surface area (Å²) in [5, 5.41) is 0. The van der Waals surface area contributed by atoms with Crippen molar-refractivity contribution in [2.45, 2.75) is 12.5 Å². The van der Waals surface area contributed by atoms with E-state index in [1.54, 1.807) is 14.2 Å². The molecule has 1 atom stereocenters. The van der Waals surface area contributed by atoms with E-state index < -0.39 is 5.54 Å². The molecule has 0 aliphatic heterocycles. The summed E-state index contributed by atoms with van der Waals surface area (Å²) in [6.45, 7) is 2.42. The molecule has 0 spiro atoms. The fraction of sp³-hybridized carbons (Fsp3) is 0.455. The van der Waals surface area contributed by atoms with Crippen molar-refractivity contribution in [2.24, 2.45) is 5.73 Å². The summed E-state index contributed by atoms with van der Waals surface area (Å²) < 4.78 is 10.2. The summed E-state index contributed by atoms with van der Waals surface area (Å²) in [5.41, 5.74) is 6.64. The molecule has 0 bridgehead atoms. The van der Waals surface area contributed by atoms with Gasteiger partial charge >= 0.3 is 0 Å². The van der Waals surface area contributed by atoms with Gasteiger partial charge in [-0.05, 0) is 24.6 Å². The molecule has 0 saturated heterocycles. The van der Waals surface area contributed by atoms with Gasteiger partial charge in [-0.1, -0.05) is 12.1 Å². The van der Waals surface area contributed by atoms with E-state index >= 15 is 0 Å². The van der Waals surface area contributed by atoms with Gasteiger partial charge in [0.2, 0.25) is 0 Å². The third kappa shape index (κ3) is 2.47. The van der Waals surface area contributed by atoms with Crippen LogP contribution in [0.5, 0.6) is 5.75 Å². The second-order valence-corrected chi connectivity index (χ2v) is 3.58. The van der Waals surface area contributed by atoms with E-state index in [1.165, 1.54) is 0 Å². The minimum absolute atomic E-state index is 0.469. The molecule has 0 amide bonds. The predicted molar refractivity (Wildman–Crippen MR) is 56.4 cm³/mol. The Labute approximate surface area is 84.8 Å². The quantitative estimate of drug-likeness (QED) is 0.792. The molecule has 0 heterocycles. The first-order chi connectivity index (χ1) is 6.60. The molecule has 1 unspecified atom stereocenters. The summed E-state index contributed by atoms with van der Waals surface area (Å²) in [6, 6.07) is 7.72. The van der Waals surface area contributed by atoms with Gasteiger partial charge in [-0.3, -0.25) is 0 Å². The third-order valence-corrected chi connectivity index (χ3v) is 2.17. The molecular formula is C11H17NO2. The minimum atomic E-state index is -0.469. The van der Waals surface area contributed by atoms with Crippen LogP contribution in [0.25, 0.3) is 0 Å². The van der Waals surface area contributed by atoms with Gasteiger partial charge in [-0.2, -0.15) is 0 Å². The molecule has 0 aromatic heterocycles. The zero-order valence-corrected chi connectivity index (χ0v) is 8.91. The molecule has 0 aliphatic carbocycles. The molecule has 1 aromatic rings. The summed E-state index contributed by atoms with van der Waals surface area (Å²) >= 11 is 0. The van der Waals surface area contributed by atoms with Gasteiger partial charge in [0.15, 0.2) is 0 Å². The van der Waals surface area contributed by atoms with Crippen LogP contribution >= 0.6 is 0 Å². The van der Waals surface area contributed by atoms with Crippen molar-refractivity contribution in [1.82, 2.24) is 0 Å². The van der Waals surface area contributed by atoms with Crippen LogP contribution in [0.15, 0.2) is 24.3 Å². The van der Waals surface area contributed by atoms with E-state index in [1.807, 2.05) is 31.2 Å². The van der Waals surface area contributed by atoms with Gasteiger partial charge in [-0.25, -0.2) is 0 Å². The van der Waals surface area contributed by atoms with Crippen molar-refractivity contribution in [3.05, 3.63) is 29.8 Å². The Morgan fingerprint density at radius 3 is 2.64 bits per heavy atom. The Bertz CT molecular complexity index is 297. The summed E-state index contributed by atoms with van der Waals surface area (Å²) in [4.78, 5) is 0. The fourth-order valence-corrected chi connectivity index (χ4v) is 1.36. The van der Waals surface area contributed by atoms with Crippen LogP contribution in [0, 0.1) is 0 Å². The summed E-state index contributed by atoms with van der Waals surface area (Å²) in [5.74, 6) is 0.815. The van der Waals surface area contributed by atoms with E-state index in [0.29, 0.717) is 6.61 Å². The monoisotopic (exact) mass is 195 g/mol. The first-order valence-electron chi connectivity index (χ1n) is 4.52. The van der Waals surface area contributed by atoms with Gasteiger partial charge in [-0.15, -0.1) is 0 Å². The third-order valence-electron chi connectivity index (χ3n) is 2.17. The van der Waals surface area contributed by atoms with E-state index in [-0.39, 0.29) is 0 Å². The lowest BCUT2D eigenvalue weighted by molar-refractivity contribution is 0.141. The Morgan fingerprint density at radius 2 is 2.07 bits per heavy atom. The van der Waals surface area contributed by atoms with Gasteiger partial charge in [0.05, 0.1) is 19.3 Å². The Kier molecular flexibility index (Phi) is 3.49. The molecule has 14 heavy (non-hydrogen) atoms. The molecule has 78 valence electrons. The minimum Gasteiger partial charge on any atom is -0.497 e. The summed E-state index contributed by atoms with van der Waals surface area (Å²) in [7, 11) is 3.29. The highest BCUT2D eigenvalue weighted by Crippen LogP contribution is 2.22. The van der Waals surface area contributed by atoms with E-state index in [0.717, 1.165) is 11.3 Å². The molecule has 1 rings (SSSR count). The molecule has 0 saturated carbocycles. The molecule has 3 nitrogen and oxygen atoms in total. The van der Waals surface area contributed by atoms with Crippen molar-refractivity contribution in [3.63, 3.8) is 0 Å². The van der Waals surface area contributed by atoms with Gasteiger partial charge in [0.25, 0.3) is 0 Å². The van der Waals surface area contributed by atoms with Crippen LogP contribution < -0.4 is 10.5 Å². The van der Waals surface area contributed by atoms with E-state index in [2.05, 4.69) is 0 Å². The standard InChI is InChI=1S/C11H17NO2/c1-11(12,8-13-2)9-5-4-6-10(7-9)14-3/h4-7H,8,12H2,1-3H3. The lowest BCUT2D eigenvalue weighted by atomic mass is 9.94. The summed E-state index contributed by atoms with van der Waals surface area (Å²) in [6.07, 6.45) is 0. The molecule has 3 heteroatoms. The average Bonchev–Trinajstić information content (AvgIpc) is 2.18. The molecule has 0 radical (unpaired) electrons. The molecule has 0 aliphatic rings. The Hall–Kier alpha value is -1.06. The number of rotatable bonds is 4. The fourth-order valence-electron chi connectivity index (χ4n) is 1.36. The molecule has 2 N–H and O–H groups in total. The Morgan fingerprint density at radius 1 is 1.36 bits per heavy atom. The van der Waals surface area contributed by atoms with Crippen LogP contribution in [0.3, 0.4) is 0 Å². The normalized spacial score (nSPS) is 14.9. The second kappa shape index (κ2) is 4.44. The lowest BCUT2D eigenvalue weighted by Crippen LogP contribution is -2.37. The number of nitrogens with two attached hydrogens (primary N) is 1. The predicted octanol–water partition coefficient (Wildman–Crippen LogP) is 1.52. The molecular weight excluding hydrogens is 178 g/mol. The van der Waals surface area contributed by atoms with Crippen LogP contribution in [-0.2, 0) is 10.3 Å². The highest BCUT2D eigenvalue weighted by molar-refractivity contribution is 5.32. The van der Waals surface area contributed by atoms with Crippen molar-refractivity contribution < 1.29 is 9.47 Å². The van der Waals surface area contributed by atoms with Crippen LogP contribution in [0.2, 0.25) is 0 Å². The maximum Gasteiger partial charge on any atom is 0.119 e. The van der Waals surface area contributed by atoms with Crippen LogP contribution in [-0.4, -0.2) is 20.8 Å². The maximum absolute atomic E-state index is 6.09. The first-order valence-corrected chi connectivity index (χ1v) is 4.52. The van der Waals surface area contributed by atoms with Crippen molar-refractivity contribution in [1.29, 1.82) is 0 Å². The number of hydrogen-bond donors (Lipinski definition) is 1. The van der Waals surface area contributed by atoms with Crippen molar-refractivity contribution in [2.75, 3.05) is 20.8 Å². The Balaban J connectivity index is 2.93. The topological polar surface area (TPSA) is 44.5 Å². The number of methoxy groups -OCH3 is 2. The van der Waals surface area contributed by atoms with Gasteiger partial charge in [0.1, 0.15) is 5.75 Å². The largest absolute Gasteiger partial charge is 0.497 e. The zero-order valence-electron chi connectivity index (χ0n) is 8.91. The zero-order chi connectivity index (χ0) is 10.6. The van der Waals surface area contributed by atoms with Crippen molar-refractivity contribution in [3.8, 4) is 5.75 Å².